The maximum absolute atomic E-state index is 14.7. The van der Waals surface area contributed by atoms with Crippen LogP contribution in [-0.4, -0.2) is 0 Å². The normalized spacial score (nSPS) is 19.4. The zero-order chi connectivity index (χ0) is 27.7. The minimum atomic E-state index is -1.38. The first kappa shape index (κ1) is 28.1. The van der Waals surface area contributed by atoms with Gasteiger partial charge in [0.25, 0.3) is 0 Å². The summed E-state index contributed by atoms with van der Waals surface area (Å²) < 4.78 is 14.7. The minimum absolute atomic E-state index is 0.0525. The summed E-state index contributed by atoms with van der Waals surface area (Å²) in [6, 6.07) is 18.8. The van der Waals surface area contributed by atoms with Crippen molar-refractivity contribution in [2.45, 2.75) is 91.7 Å². The highest BCUT2D eigenvalue weighted by Gasteiger charge is 2.43. The summed E-state index contributed by atoms with van der Waals surface area (Å²) in [4.78, 5) is 0. The molecule has 1 saturated carbocycles. The molecule has 1 heteroatoms. The molecule has 0 aliphatic heterocycles. The fraction of sp³-hybridized carbons (Fsp3) is 0.432. The van der Waals surface area contributed by atoms with E-state index >= 15 is 0 Å². The van der Waals surface area contributed by atoms with Gasteiger partial charge in [-0.2, -0.15) is 0 Å². The summed E-state index contributed by atoms with van der Waals surface area (Å²) in [6.45, 7) is 21.3. The lowest BCUT2D eigenvalue weighted by Gasteiger charge is -2.48. The molecule has 1 fully saturated rings. The Labute approximate surface area is 230 Å². The van der Waals surface area contributed by atoms with Crippen molar-refractivity contribution >= 4 is 5.57 Å². The van der Waals surface area contributed by atoms with Crippen LogP contribution in [0.2, 0.25) is 0 Å². The number of alkyl halides is 1. The van der Waals surface area contributed by atoms with Crippen molar-refractivity contribution in [2.24, 2.45) is 11.3 Å². The molecule has 0 N–H and O–H groups in total. The van der Waals surface area contributed by atoms with Gasteiger partial charge in [0, 0.05) is 11.5 Å². The van der Waals surface area contributed by atoms with Gasteiger partial charge in [-0.3, -0.25) is 0 Å². The molecule has 0 bridgehead atoms. The fourth-order valence-corrected chi connectivity index (χ4v) is 6.70. The van der Waals surface area contributed by atoms with E-state index in [1.165, 1.54) is 52.7 Å². The predicted molar refractivity (Wildman–Crippen MR) is 162 cm³/mol. The van der Waals surface area contributed by atoms with E-state index in [1.807, 2.05) is 24.3 Å². The number of allylic oxidation sites excluding steroid dienone is 6. The van der Waals surface area contributed by atoms with Gasteiger partial charge in [-0.05, 0) is 99.0 Å². The van der Waals surface area contributed by atoms with Crippen molar-refractivity contribution < 1.29 is 4.39 Å². The van der Waals surface area contributed by atoms with Gasteiger partial charge in [0.15, 0.2) is 0 Å². The van der Waals surface area contributed by atoms with Gasteiger partial charge in [-0.25, -0.2) is 4.39 Å². The third kappa shape index (κ3) is 5.45. The Bertz CT molecular complexity index is 1280. The Hall–Kier alpha value is -2.89. The molecule has 0 saturated heterocycles. The van der Waals surface area contributed by atoms with Crippen molar-refractivity contribution in [3.05, 3.63) is 118 Å². The lowest BCUT2D eigenvalue weighted by atomic mass is 9.57. The highest BCUT2D eigenvalue weighted by molar-refractivity contribution is 5.83. The van der Waals surface area contributed by atoms with Gasteiger partial charge >= 0.3 is 0 Å². The highest BCUT2D eigenvalue weighted by Crippen LogP contribution is 2.57. The van der Waals surface area contributed by atoms with E-state index in [0.29, 0.717) is 16.9 Å². The fourth-order valence-electron chi connectivity index (χ4n) is 6.70. The van der Waals surface area contributed by atoms with Crippen LogP contribution in [0.3, 0.4) is 0 Å². The van der Waals surface area contributed by atoms with Gasteiger partial charge in [0.05, 0.1) is 0 Å². The first-order valence-corrected chi connectivity index (χ1v) is 14.3. The molecule has 0 heterocycles. The molecule has 0 amide bonds. The second-order valence-electron chi connectivity index (χ2n) is 12.4. The zero-order valence-corrected chi connectivity index (χ0v) is 24.4. The van der Waals surface area contributed by atoms with Crippen LogP contribution in [0.25, 0.3) is 5.57 Å². The number of halogens is 1. The molecule has 2 atom stereocenters. The highest BCUT2D eigenvalue weighted by atomic mass is 19.1. The summed E-state index contributed by atoms with van der Waals surface area (Å²) in [6.07, 6.45) is 7.27. The summed E-state index contributed by atoms with van der Waals surface area (Å²) in [7, 11) is 0. The largest absolute Gasteiger partial charge is 0.239 e. The monoisotopic (exact) mass is 508 g/mol. The number of hydrogen-bond donors (Lipinski definition) is 0. The third-order valence-electron chi connectivity index (χ3n) is 9.28. The van der Waals surface area contributed by atoms with Crippen LogP contribution in [0.15, 0.2) is 101 Å². The molecule has 0 aromatic heterocycles. The molecule has 2 aromatic carbocycles. The van der Waals surface area contributed by atoms with Crippen LogP contribution in [0.1, 0.15) is 103 Å². The molecular formula is C37H45F. The van der Waals surface area contributed by atoms with Crippen LogP contribution in [-0.2, 0) is 5.67 Å². The standard InChI is InChI=1S/C37H45F/c1-9-25(3)28(6)34(32(10-2)29-17-19-31(20-18-29)36(7,8)38)35(30-15-12-11-13-16-30)33-26(4)23-37(21-14-22-37)24-27(33)5/h11-13,15-20,25,35H,2,4,9,14,21-24H2,1,3,5-8H3/b34-28+. The Morgan fingerprint density at radius 3 is 2.16 bits per heavy atom. The van der Waals surface area contributed by atoms with E-state index in [4.69, 9.17) is 6.58 Å². The third-order valence-corrected chi connectivity index (χ3v) is 9.28. The van der Waals surface area contributed by atoms with Crippen LogP contribution < -0.4 is 0 Å². The number of rotatable bonds is 8. The van der Waals surface area contributed by atoms with Gasteiger partial charge < -0.3 is 0 Å². The smallest absolute Gasteiger partial charge is 0.130 e. The van der Waals surface area contributed by atoms with Crippen LogP contribution in [0.4, 0.5) is 4.39 Å². The van der Waals surface area contributed by atoms with Crippen molar-refractivity contribution in [3.8, 4) is 0 Å². The van der Waals surface area contributed by atoms with E-state index < -0.39 is 5.67 Å². The second-order valence-corrected chi connectivity index (χ2v) is 12.4. The van der Waals surface area contributed by atoms with E-state index in [0.717, 1.165) is 30.4 Å². The molecule has 2 aliphatic carbocycles. The van der Waals surface area contributed by atoms with Crippen molar-refractivity contribution in [1.82, 2.24) is 0 Å². The maximum atomic E-state index is 14.7. The average molecular weight is 509 g/mol. The molecule has 0 nitrogen and oxygen atoms in total. The van der Waals surface area contributed by atoms with Crippen LogP contribution in [0, 0.1) is 11.3 Å². The Morgan fingerprint density at radius 1 is 1.05 bits per heavy atom. The summed E-state index contributed by atoms with van der Waals surface area (Å²) in [5, 5.41) is 0. The second kappa shape index (κ2) is 11.1. The predicted octanol–water partition coefficient (Wildman–Crippen LogP) is 11.0. The first-order chi connectivity index (χ1) is 18.0. The summed E-state index contributed by atoms with van der Waals surface area (Å²) in [5.74, 6) is 0.455. The van der Waals surface area contributed by atoms with Crippen molar-refractivity contribution in [2.75, 3.05) is 0 Å². The summed E-state index contributed by atoms with van der Waals surface area (Å²) >= 11 is 0. The SMILES string of the molecule is C=C=C(/C(=C(/C)C(C)CC)C(C1=C(C)CC2(CCC2)CC1=C)c1ccccc1)c1ccc(C(C)(C)F)cc1. The van der Waals surface area contributed by atoms with Gasteiger partial charge in [0.2, 0.25) is 0 Å². The minimum Gasteiger partial charge on any atom is -0.239 e. The van der Waals surface area contributed by atoms with E-state index in [2.05, 4.69) is 70.3 Å². The van der Waals surface area contributed by atoms with Gasteiger partial charge in [-0.15, -0.1) is 5.73 Å². The first-order valence-electron chi connectivity index (χ1n) is 14.3. The lowest BCUT2D eigenvalue weighted by molar-refractivity contribution is 0.127. The maximum Gasteiger partial charge on any atom is 0.130 e. The Morgan fingerprint density at radius 2 is 1.68 bits per heavy atom. The zero-order valence-electron chi connectivity index (χ0n) is 24.4. The molecule has 2 aromatic rings. The number of benzene rings is 2. The molecule has 38 heavy (non-hydrogen) atoms. The van der Waals surface area contributed by atoms with E-state index in [1.54, 1.807) is 13.8 Å². The lowest BCUT2D eigenvalue weighted by Crippen LogP contribution is -2.34. The Kier molecular flexibility index (Phi) is 8.20. The molecular weight excluding hydrogens is 463 g/mol. The number of hydrogen-bond acceptors (Lipinski definition) is 0. The Balaban J connectivity index is 1.96. The van der Waals surface area contributed by atoms with Crippen LogP contribution in [0.5, 0.6) is 0 Å². The van der Waals surface area contributed by atoms with Gasteiger partial charge in [0.1, 0.15) is 5.67 Å². The molecule has 2 aliphatic rings. The quantitative estimate of drug-likeness (QED) is 0.246. The van der Waals surface area contributed by atoms with Crippen molar-refractivity contribution in [3.63, 3.8) is 0 Å². The molecule has 1 spiro atoms. The molecule has 2 unspecified atom stereocenters. The average Bonchev–Trinajstić information content (AvgIpc) is 2.88. The van der Waals surface area contributed by atoms with Crippen LogP contribution >= 0.6 is 0 Å². The topological polar surface area (TPSA) is 0 Å². The molecule has 200 valence electrons. The summed E-state index contributed by atoms with van der Waals surface area (Å²) in [5.41, 5.74) is 13.2. The van der Waals surface area contributed by atoms with Crippen molar-refractivity contribution in [1.29, 1.82) is 0 Å². The van der Waals surface area contributed by atoms with E-state index in [9.17, 15) is 4.39 Å². The van der Waals surface area contributed by atoms with E-state index in [-0.39, 0.29) is 5.92 Å². The molecule has 0 radical (unpaired) electrons. The van der Waals surface area contributed by atoms with Gasteiger partial charge in [-0.1, -0.05) is 105 Å². The molecule has 4 rings (SSSR count).